The number of rotatable bonds is 5. The summed E-state index contributed by atoms with van der Waals surface area (Å²) >= 11 is 0. The van der Waals surface area contributed by atoms with Gasteiger partial charge in [-0.05, 0) is 36.2 Å². The number of nitrogens with zero attached hydrogens (tertiary/aromatic N) is 1. The van der Waals surface area contributed by atoms with Crippen LogP contribution in [-0.4, -0.2) is 12.0 Å². The van der Waals surface area contributed by atoms with Crippen LogP contribution in [0.4, 0.5) is 11.4 Å². The lowest BCUT2D eigenvalue weighted by Gasteiger charge is -2.08. The van der Waals surface area contributed by atoms with Crippen molar-refractivity contribution >= 4 is 11.4 Å². The van der Waals surface area contributed by atoms with Crippen LogP contribution in [0.25, 0.3) is 0 Å². The number of nitro groups is 1. The van der Waals surface area contributed by atoms with Crippen LogP contribution in [0.5, 0.6) is 5.75 Å². The Balaban J connectivity index is 2.14. The minimum absolute atomic E-state index is 0.0536. The third kappa shape index (κ3) is 3.26. The first-order chi connectivity index (χ1) is 9.60. The zero-order valence-corrected chi connectivity index (χ0v) is 11.4. The van der Waals surface area contributed by atoms with Crippen molar-refractivity contribution in [1.82, 2.24) is 0 Å². The second kappa shape index (κ2) is 6.06. The molecule has 5 nitrogen and oxygen atoms in total. The molecule has 0 saturated heterocycles. The van der Waals surface area contributed by atoms with Crippen LogP contribution in [0.3, 0.4) is 0 Å². The highest BCUT2D eigenvalue weighted by Crippen LogP contribution is 2.25. The lowest BCUT2D eigenvalue weighted by molar-refractivity contribution is -0.384. The van der Waals surface area contributed by atoms with Gasteiger partial charge >= 0.3 is 0 Å². The van der Waals surface area contributed by atoms with Gasteiger partial charge < -0.3 is 10.1 Å². The summed E-state index contributed by atoms with van der Waals surface area (Å²) in [7, 11) is 1.66. The molecule has 2 aromatic carbocycles. The maximum absolute atomic E-state index is 11.0. The first-order valence-corrected chi connectivity index (χ1v) is 6.24. The Morgan fingerprint density at radius 2 is 2.05 bits per heavy atom. The van der Waals surface area contributed by atoms with Crippen molar-refractivity contribution in [2.45, 2.75) is 13.5 Å². The number of nitrogens with one attached hydrogen (secondary N) is 1. The van der Waals surface area contributed by atoms with E-state index in [1.807, 2.05) is 37.3 Å². The summed E-state index contributed by atoms with van der Waals surface area (Å²) < 4.78 is 5.64. The van der Waals surface area contributed by atoms with Gasteiger partial charge in [0.2, 0.25) is 0 Å². The molecule has 104 valence electrons. The summed E-state index contributed by atoms with van der Waals surface area (Å²) in [5, 5.41) is 13.8. The molecule has 5 heteroatoms. The normalized spacial score (nSPS) is 10.1. The van der Waals surface area contributed by atoms with Crippen LogP contribution in [0, 0.1) is 17.0 Å². The Morgan fingerprint density at radius 3 is 2.70 bits per heavy atom. The van der Waals surface area contributed by atoms with Gasteiger partial charge in [-0.25, -0.2) is 0 Å². The quantitative estimate of drug-likeness (QED) is 0.668. The molecular formula is C15H16N2O3. The molecule has 0 aliphatic heterocycles. The number of anilines is 1. The Labute approximate surface area is 117 Å². The Bertz CT molecular complexity index is 626. The number of hydrogen-bond donors (Lipinski definition) is 1. The predicted molar refractivity (Wildman–Crippen MR) is 78.2 cm³/mol. The molecule has 0 unspecified atom stereocenters. The van der Waals surface area contributed by atoms with E-state index in [-0.39, 0.29) is 5.69 Å². The molecule has 0 bridgehead atoms. The first kappa shape index (κ1) is 13.9. The summed E-state index contributed by atoms with van der Waals surface area (Å²) in [6.07, 6.45) is 0. The summed E-state index contributed by atoms with van der Waals surface area (Å²) in [5.74, 6) is 0.755. The largest absolute Gasteiger partial charge is 0.489 e. The number of nitro benzene ring substituents is 1. The smallest absolute Gasteiger partial charge is 0.292 e. The van der Waals surface area contributed by atoms with Crippen LogP contribution in [0.1, 0.15) is 11.1 Å². The Kier molecular flexibility index (Phi) is 4.20. The average Bonchev–Trinajstić information content (AvgIpc) is 2.45. The van der Waals surface area contributed by atoms with Crippen molar-refractivity contribution in [3.05, 3.63) is 63.7 Å². The van der Waals surface area contributed by atoms with Crippen LogP contribution in [0.2, 0.25) is 0 Å². The van der Waals surface area contributed by atoms with Gasteiger partial charge in [-0.2, -0.15) is 0 Å². The maximum atomic E-state index is 11.0. The van der Waals surface area contributed by atoms with E-state index in [0.717, 1.165) is 16.9 Å². The SMILES string of the molecule is CNc1ccc(COc2cccc(C)c2)cc1[N+](=O)[O-]. The van der Waals surface area contributed by atoms with Gasteiger partial charge in [0.1, 0.15) is 18.0 Å². The van der Waals surface area contributed by atoms with E-state index < -0.39 is 4.92 Å². The molecule has 0 amide bonds. The second-order valence-electron chi connectivity index (χ2n) is 4.46. The van der Waals surface area contributed by atoms with Gasteiger partial charge in [0.05, 0.1) is 4.92 Å². The van der Waals surface area contributed by atoms with E-state index >= 15 is 0 Å². The Hall–Kier alpha value is -2.56. The van der Waals surface area contributed by atoms with Gasteiger partial charge in [0.25, 0.3) is 5.69 Å². The van der Waals surface area contributed by atoms with Crippen LogP contribution in [0.15, 0.2) is 42.5 Å². The van der Waals surface area contributed by atoms with Crippen LogP contribution in [-0.2, 0) is 6.61 Å². The highest BCUT2D eigenvalue weighted by molar-refractivity contribution is 5.62. The zero-order chi connectivity index (χ0) is 14.5. The van der Waals surface area contributed by atoms with Crippen molar-refractivity contribution in [3.8, 4) is 5.75 Å². The van der Waals surface area contributed by atoms with E-state index in [9.17, 15) is 10.1 Å². The third-order valence-electron chi connectivity index (χ3n) is 2.92. The monoisotopic (exact) mass is 272 g/mol. The fourth-order valence-electron chi connectivity index (χ4n) is 1.90. The predicted octanol–water partition coefficient (Wildman–Crippen LogP) is 3.52. The molecule has 0 atom stereocenters. The van der Waals surface area contributed by atoms with Gasteiger partial charge in [-0.15, -0.1) is 0 Å². The van der Waals surface area contributed by atoms with Gasteiger partial charge in [-0.3, -0.25) is 10.1 Å². The lowest BCUT2D eigenvalue weighted by Crippen LogP contribution is -2.00. The van der Waals surface area contributed by atoms with E-state index in [0.29, 0.717) is 12.3 Å². The number of aryl methyl sites for hydroxylation is 1. The van der Waals surface area contributed by atoms with E-state index in [1.54, 1.807) is 13.1 Å². The molecule has 0 aliphatic rings. The molecule has 0 spiro atoms. The third-order valence-corrected chi connectivity index (χ3v) is 2.92. The molecule has 0 radical (unpaired) electrons. The van der Waals surface area contributed by atoms with Crippen LogP contribution >= 0.6 is 0 Å². The molecule has 2 rings (SSSR count). The van der Waals surface area contributed by atoms with E-state index in [2.05, 4.69) is 5.32 Å². The minimum atomic E-state index is -0.401. The molecular weight excluding hydrogens is 256 g/mol. The van der Waals surface area contributed by atoms with Crippen molar-refractivity contribution in [2.75, 3.05) is 12.4 Å². The maximum Gasteiger partial charge on any atom is 0.292 e. The van der Waals surface area contributed by atoms with Crippen molar-refractivity contribution in [1.29, 1.82) is 0 Å². The van der Waals surface area contributed by atoms with E-state index in [4.69, 9.17) is 4.74 Å². The second-order valence-corrected chi connectivity index (χ2v) is 4.46. The van der Waals surface area contributed by atoms with Gasteiger partial charge in [-0.1, -0.05) is 18.2 Å². The summed E-state index contributed by atoms with van der Waals surface area (Å²) in [6.45, 7) is 2.29. The molecule has 0 aromatic heterocycles. The number of benzene rings is 2. The molecule has 0 aliphatic carbocycles. The highest BCUT2D eigenvalue weighted by atomic mass is 16.6. The number of ether oxygens (including phenoxy) is 1. The topological polar surface area (TPSA) is 64.4 Å². The fourth-order valence-corrected chi connectivity index (χ4v) is 1.90. The van der Waals surface area contributed by atoms with Crippen molar-refractivity contribution in [2.24, 2.45) is 0 Å². The van der Waals surface area contributed by atoms with Crippen molar-refractivity contribution in [3.63, 3.8) is 0 Å². The molecule has 2 aromatic rings. The van der Waals surface area contributed by atoms with E-state index in [1.165, 1.54) is 6.07 Å². The van der Waals surface area contributed by atoms with Crippen LogP contribution < -0.4 is 10.1 Å². The van der Waals surface area contributed by atoms with Gasteiger partial charge in [0.15, 0.2) is 0 Å². The first-order valence-electron chi connectivity index (χ1n) is 6.24. The summed E-state index contributed by atoms with van der Waals surface area (Å²) in [5.41, 5.74) is 2.42. The zero-order valence-electron chi connectivity index (χ0n) is 11.4. The molecule has 0 heterocycles. The summed E-state index contributed by atoms with van der Waals surface area (Å²) in [4.78, 5) is 10.6. The standard InChI is InChI=1S/C15H16N2O3/c1-11-4-3-5-13(8-11)20-10-12-6-7-14(16-2)15(9-12)17(18)19/h3-9,16H,10H2,1-2H3. The van der Waals surface area contributed by atoms with Crippen molar-refractivity contribution < 1.29 is 9.66 Å². The lowest BCUT2D eigenvalue weighted by atomic mass is 10.2. The average molecular weight is 272 g/mol. The summed E-state index contributed by atoms with van der Waals surface area (Å²) in [6, 6.07) is 12.7. The highest BCUT2D eigenvalue weighted by Gasteiger charge is 2.13. The minimum Gasteiger partial charge on any atom is -0.489 e. The molecule has 0 saturated carbocycles. The fraction of sp³-hybridized carbons (Fsp3) is 0.200. The van der Waals surface area contributed by atoms with Gasteiger partial charge in [0, 0.05) is 13.1 Å². The molecule has 1 N–H and O–H groups in total. The molecule has 0 fully saturated rings. The molecule has 20 heavy (non-hydrogen) atoms. The number of hydrogen-bond acceptors (Lipinski definition) is 4. The Morgan fingerprint density at radius 1 is 1.25 bits per heavy atom.